The molecule has 1 atom stereocenters. The van der Waals surface area contributed by atoms with Crippen LogP contribution in [0.15, 0.2) is 12.2 Å². The Balaban J connectivity index is 3.76. The van der Waals surface area contributed by atoms with Crippen molar-refractivity contribution in [2.24, 2.45) is 5.92 Å². The van der Waals surface area contributed by atoms with Crippen LogP contribution in [0.1, 0.15) is 40.5 Å². The molecule has 0 aromatic heterocycles. The van der Waals surface area contributed by atoms with Gasteiger partial charge in [-0.15, -0.1) is 0 Å². The summed E-state index contributed by atoms with van der Waals surface area (Å²) >= 11 is 0. The summed E-state index contributed by atoms with van der Waals surface area (Å²) in [6, 6.07) is 0.642. The minimum absolute atomic E-state index is 0.642. The summed E-state index contributed by atoms with van der Waals surface area (Å²) in [7, 11) is 2.19. The van der Waals surface area contributed by atoms with E-state index in [-0.39, 0.29) is 0 Å². The summed E-state index contributed by atoms with van der Waals surface area (Å²) in [5.41, 5.74) is 1.28. The molecule has 1 unspecified atom stereocenters. The van der Waals surface area contributed by atoms with E-state index in [1.807, 2.05) is 0 Å². The molecule has 16 heavy (non-hydrogen) atoms. The van der Waals surface area contributed by atoms with Gasteiger partial charge < -0.3 is 5.32 Å². The molecule has 0 aliphatic heterocycles. The van der Waals surface area contributed by atoms with Gasteiger partial charge in [0.2, 0.25) is 0 Å². The van der Waals surface area contributed by atoms with Crippen LogP contribution in [0, 0.1) is 5.92 Å². The lowest BCUT2D eigenvalue weighted by molar-refractivity contribution is 0.244. The first-order chi connectivity index (χ1) is 7.47. The van der Waals surface area contributed by atoms with Crippen molar-refractivity contribution in [3.8, 4) is 0 Å². The van der Waals surface area contributed by atoms with E-state index in [4.69, 9.17) is 0 Å². The van der Waals surface area contributed by atoms with Gasteiger partial charge in [-0.1, -0.05) is 27.4 Å². The molecule has 0 spiro atoms. The van der Waals surface area contributed by atoms with Gasteiger partial charge in [0.15, 0.2) is 0 Å². The largest absolute Gasteiger partial charge is 0.313 e. The van der Waals surface area contributed by atoms with Crippen molar-refractivity contribution in [2.45, 2.75) is 46.6 Å². The minimum atomic E-state index is 0.642. The number of rotatable bonds is 9. The molecule has 2 heteroatoms. The van der Waals surface area contributed by atoms with Gasteiger partial charge in [0, 0.05) is 19.1 Å². The number of hydrogen-bond donors (Lipinski definition) is 1. The molecule has 0 aromatic rings. The molecule has 96 valence electrons. The second-order valence-electron chi connectivity index (χ2n) is 5.32. The Bertz CT molecular complexity index is 187. The molecule has 0 saturated heterocycles. The Kier molecular flexibility index (Phi) is 8.58. The van der Waals surface area contributed by atoms with Crippen LogP contribution in [0.5, 0.6) is 0 Å². The highest BCUT2D eigenvalue weighted by Gasteiger charge is 2.11. The second-order valence-corrected chi connectivity index (χ2v) is 5.32. The standard InChI is InChI=1S/C14H30N2/c1-7-8-15-10-13(4)11-16(6)14(5)9-12(2)3/h12,14-15H,4,7-11H2,1-3,5-6H3. The van der Waals surface area contributed by atoms with Crippen molar-refractivity contribution in [3.05, 3.63) is 12.2 Å². The van der Waals surface area contributed by atoms with Crippen LogP contribution < -0.4 is 5.32 Å². The quantitative estimate of drug-likeness (QED) is 0.480. The Labute approximate surface area is 102 Å². The summed E-state index contributed by atoms with van der Waals surface area (Å²) < 4.78 is 0. The Hall–Kier alpha value is -0.340. The van der Waals surface area contributed by atoms with E-state index in [0.29, 0.717) is 6.04 Å². The Morgan fingerprint density at radius 3 is 2.44 bits per heavy atom. The second kappa shape index (κ2) is 8.77. The molecular weight excluding hydrogens is 196 g/mol. The fraction of sp³-hybridized carbons (Fsp3) is 0.857. The van der Waals surface area contributed by atoms with Gasteiger partial charge in [-0.05, 0) is 44.8 Å². The molecule has 1 N–H and O–H groups in total. The zero-order chi connectivity index (χ0) is 12.6. The summed E-state index contributed by atoms with van der Waals surface area (Å²) in [5.74, 6) is 0.768. The predicted molar refractivity (Wildman–Crippen MR) is 73.8 cm³/mol. The van der Waals surface area contributed by atoms with Crippen molar-refractivity contribution >= 4 is 0 Å². The molecule has 0 aliphatic carbocycles. The van der Waals surface area contributed by atoms with Crippen LogP contribution in [-0.2, 0) is 0 Å². The number of nitrogens with zero attached hydrogens (tertiary/aromatic N) is 1. The summed E-state index contributed by atoms with van der Waals surface area (Å²) in [5, 5.41) is 3.39. The zero-order valence-electron chi connectivity index (χ0n) is 11.8. The van der Waals surface area contributed by atoms with Crippen molar-refractivity contribution in [2.75, 3.05) is 26.7 Å². The van der Waals surface area contributed by atoms with Crippen molar-refractivity contribution in [1.29, 1.82) is 0 Å². The zero-order valence-corrected chi connectivity index (χ0v) is 11.8. The van der Waals surface area contributed by atoms with Gasteiger partial charge in [-0.2, -0.15) is 0 Å². The van der Waals surface area contributed by atoms with Crippen molar-refractivity contribution in [1.82, 2.24) is 10.2 Å². The van der Waals surface area contributed by atoms with E-state index in [1.165, 1.54) is 18.4 Å². The first-order valence-electron chi connectivity index (χ1n) is 6.55. The minimum Gasteiger partial charge on any atom is -0.313 e. The van der Waals surface area contributed by atoms with Gasteiger partial charge in [-0.3, -0.25) is 4.90 Å². The first kappa shape index (κ1) is 15.7. The lowest BCUT2D eigenvalue weighted by Crippen LogP contribution is -2.33. The van der Waals surface area contributed by atoms with E-state index >= 15 is 0 Å². The SMILES string of the molecule is C=C(CNCCC)CN(C)C(C)CC(C)C. The first-order valence-corrected chi connectivity index (χ1v) is 6.55. The molecule has 0 saturated carbocycles. The normalized spacial score (nSPS) is 13.4. The van der Waals surface area contributed by atoms with Gasteiger partial charge in [0.1, 0.15) is 0 Å². The third-order valence-electron chi connectivity index (χ3n) is 2.84. The molecule has 0 heterocycles. The fourth-order valence-electron chi connectivity index (χ4n) is 1.87. The number of hydrogen-bond acceptors (Lipinski definition) is 2. The van der Waals surface area contributed by atoms with Gasteiger partial charge in [-0.25, -0.2) is 0 Å². The van der Waals surface area contributed by atoms with E-state index in [2.05, 4.69) is 51.5 Å². The van der Waals surface area contributed by atoms with Gasteiger partial charge >= 0.3 is 0 Å². The highest BCUT2D eigenvalue weighted by Crippen LogP contribution is 2.10. The maximum absolute atomic E-state index is 4.12. The highest BCUT2D eigenvalue weighted by molar-refractivity contribution is 4.99. The number of likely N-dealkylation sites (N-methyl/N-ethyl adjacent to an activating group) is 1. The third-order valence-corrected chi connectivity index (χ3v) is 2.84. The smallest absolute Gasteiger partial charge is 0.0202 e. The highest BCUT2D eigenvalue weighted by atomic mass is 15.1. The average Bonchev–Trinajstić information content (AvgIpc) is 2.16. The summed E-state index contributed by atoms with van der Waals surface area (Å²) in [6.07, 6.45) is 2.44. The van der Waals surface area contributed by atoms with E-state index in [9.17, 15) is 0 Å². The van der Waals surface area contributed by atoms with Crippen molar-refractivity contribution in [3.63, 3.8) is 0 Å². The Morgan fingerprint density at radius 2 is 1.94 bits per heavy atom. The molecule has 0 fully saturated rings. The van der Waals surface area contributed by atoms with E-state index < -0.39 is 0 Å². The van der Waals surface area contributed by atoms with Crippen LogP contribution in [0.2, 0.25) is 0 Å². The molecule has 0 rings (SSSR count). The lowest BCUT2D eigenvalue weighted by atomic mass is 10.0. The van der Waals surface area contributed by atoms with Crippen LogP contribution in [0.25, 0.3) is 0 Å². The molecule has 2 nitrogen and oxygen atoms in total. The molecule has 0 aliphatic rings. The molecule has 0 bridgehead atoms. The third kappa shape index (κ3) is 7.89. The van der Waals surface area contributed by atoms with Crippen molar-refractivity contribution < 1.29 is 0 Å². The molecule has 0 radical (unpaired) electrons. The lowest BCUT2D eigenvalue weighted by Gasteiger charge is -2.27. The fourth-order valence-corrected chi connectivity index (χ4v) is 1.87. The van der Waals surface area contributed by atoms with E-state index in [0.717, 1.165) is 25.6 Å². The maximum Gasteiger partial charge on any atom is 0.0202 e. The van der Waals surface area contributed by atoms with Crippen LogP contribution in [0.3, 0.4) is 0 Å². The maximum atomic E-state index is 4.12. The van der Waals surface area contributed by atoms with E-state index in [1.54, 1.807) is 0 Å². The van der Waals surface area contributed by atoms with Crippen LogP contribution >= 0.6 is 0 Å². The number of nitrogens with one attached hydrogen (secondary N) is 1. The van der Waals surface area contributed by atoms with Gasteiger partial charge in [0.05, 0.1) is 0 Å². The summed E-state index contributed by atoms with van der Waals surface area (Å²) in [4.78, 5) is 2.40. The topological polar surface area (TPSA) is 15.3 Å². The molecule has 0 amide bonds. The molecule has 0 aromatic carbocycles. The predicted octanol–water partition coefficient (Wildman–Crippen LogP) is 2.91. The van der Waals surface area contributed by atoms with Crippen LogP contribution in [-0.4, -0.2) is 37.6 Å². The average molecular weight is 226 g/mol. The van der Waals surface area contributed by atoms with Gasteiger partial charge in [0.25, 0.3) is 0 Å². The Morgan fingerprint density at radius 1 is 1.31 bits per heavy atom. The molecular formula is C14H30N2. The monoisotopic (exact) mass is 226 g/mol. The summed E-state index contributed by atoms with van der Waals surface area (Å²) in [6.45, 7) is 16.2. The van der Waals surface area contributed by atoms with Crippen LogP contribution in [0.4, 0.5) is 0 Å².